The van der Waals surface area contributed by atoms with Crippen LogP contribution >= 0.6 is 0 Å². The van der Waals surface area contributed by atoms with Crippen molar-refractivity contribution in [3.8, 4) is 0 Å². The SMILES string of the molecule is CC(=O)[O-].CC(=O)[O-].Cc1cc(C)c(C2=N[C@@H](C(C)C)CO2)cc1C1=N[C@@H](C(C)C)CO1.O.[Rh+2]. The molecule has 2 aliphatic rings. The number of aryl methyl sites for hydroxylation is 2. The second-order valence-electron chi connectivity index (χ2n) is 8.58. The number of nitrogens with zero attached hydrogens (tertiary/aromatic N) is 2. The summed E-state index contributed by atoms with van der Waals surface area (Å²) < 4.78 is 11.8. The molecule has 1 aromatic carbocycles. The number of benzene rings is 1. The number of aliphatic imine (C=N–C) groups is 2. The predicted molar refractivity (Wildman–Crippen MR) is 123 cm³/mol. The van der Waals surface area contributed by atoms with Gasteiger partial charge in [0.1, 0.15) is 13.2 Å². The van der Waals surface area contributed by atoms with Gasteiger partial charge in [0.15, 0.2) is 0 Å². The van der Waals surface area contributed by atoms with Crippen molar-refractivity contribution in [3.63, 3.8) is 0 Å². The van der Waals surface area contributed by atoms with E-state index >= 15 is 0 Å². The zero-order chi connectivity index (χ0) is 24.6. The topological polar surface area (TPSA) is 155 Å². The molecule has 0 unspecified atom stereocenters. The minimum absolute atomic E-state index is 0. The van der Waals surface area contributed by atoms with Crippen LogP contribution in [0.2, 0.25) is 0 Å². The Labute approximate surface area is 214 Å². The zero-order valence-corrected chi connectivity index (χ0v) is 22.7. The Kier molecular flexibility index (Phi) is 15.5. The smallest absolute Gasteiger partial charge is 0.550 e. The standard InChI is InChI=1S/C20H28N2O2.2C2H4O2.H2O.Rh/c1-11(2)17-9-23-19(21-17)15-8-16(14(6)7-13(15)5)20-22-18(10-24-20)12(3)4;2*1-2(3)4;;/h7-8,11-12,17-18H,9-10H2,1-6H3;2*1H3,(H,3,4);1H2;/q;;;;+2/p-2/t17-,18-;;;;/m1..../s1. The van der Waals surface area contributed by atoms with Crippen molar-refractivity contribution in [1.29, 1.82) is 0 Å². The van der Waals surface area contributed by atoms with Crippen LogP contribution in [0.25, 0.3) is 0 Å². The molecule has 34 heavy (non-hydrogen) atoms. The van der Waals surface area contributed by atoms with Gasteiger partial charge in [0.05, 0.1) is 12.1 Å². The van der Waals surface area contributed by atoms with Crippen molar-refractivity contribution in [3.05, 3.63) is 34.4 Å². The molecule has 3 rings (SSSR count). The van der Waals surface area contributed by atoms with Crippen molar-refractivity contribution in [2.24, 2.45) is 21.8 Å². The molecule has 193 valence electrons. The van der Waals surface area contributed by atoms with E-state index in [9.17, 15) is 0 Å². The quantitative estimate of drug-likeness (QED) is 0.485. The van der Waals surface area contributed by atoms with Crippen LogP contribution in [0.1, 0.15) is 63.8 Å². The third-order valence-corrected chi connectivity index (χ3v) is 4.92. The minimum atomic E-state index is -1.08. The average Bonchev–Trinajstić information content (AvgIpc) is 3.31. The molecule has 2 heterocycles. The van der Waals surface area contributed by atoms with E-state index in [0.29, 0.717) is 25.0 Å². The van der Waals surface area contributed by atoms with E-state index in [-0.39, 0.29) is 37.0 Å². The van der Waals surface area contributed by atoms with E-state index in [2.05, 4.69) is 53.7 Å². The van der Waals surface area contributed by atoms with Gasteiger partial charge in [0.2, 0.25) is 11.8 Å². The van der Waals surface area contributed by atoms with Crippen LogP contribution in [-0.2, 0) is 38.5 Å². The van der Waals surface area contributed by atoms with Gasteiger partial charge in [-0.15, -0.1) is 0 Å². The number of carbonyl (C=O) groups is 2. The normalized spacial score (nSPS) is 17.9. The molecule has 1 aromatic rings. The van der Waals surface area contributed by atoms with Crippen molar-refractivity contribution in [2.75, 3.05) is 13.2 Å². The number of rotatable bonds is 4. The van der Waals surface area contributed by atoms with Crippen LogP contribution in [-0.4, -0.2) is 54.5 Å². The minimum Gasteiger partial charge on any atom is -0.550 e. The van der Waals surface area contributed by atoms with Gasteiger partial charge < -0.3 is 34.8 Å². The maximum absolute atomic E-state index is 8.89. The fourth-order valence-corrected chi connectivity index (χ4v) is 3.07. The number of aliphatic carboxylic acids is 2. The number of ether oxygens (including phenoxy) is 2. The molecule has 0 spiro atoms. The van der Waals surface area contributed by atoms with Gasteiger partial charge in [-0.25, -0.2) is 9.98 Å². The second kappa shape index (κ2) is 15.6. The number of carbonyl (C=O) groups excluding carboxylic acids is 2. The largest absolute Gasteiger partial charge is 2.00 e. The molecule has 2 atom stereocenters. The zero-order valence-electron chi connectivity index (χ0n) is 21.1. The predicted octanol–water partition coefficient (Wildman–Crippen LogP) is 0.591. The Balaban J connectivity index is 0. The molecule has 0 bridgehead atoms. The third kappa shape index (κ3) is 10.7. The maximum atomic E-state index is 8.89. The summed E-state index contributed by atoms with van der Waals surface area (Å²) in [5, 5.41) is 17.8. The first-order valence-electron chi connectivity index (χ1n) is 10.7. The van der Waals surface area contributed by atoms with E-state index in [4.69, 9.17) is 39.3 Å². The van der Waals surface area contributed by atoms with Gasteiger partial charge in [-0.1, -0.05) is 33.8 Å². The van der Waals surface area contributed by atoms with E-state index < -0.39 is 11.9 Å². The van der Waals surface area contributed by atoms with Crippen LogP contribution in [0.3, 0.4) is 0 Å². The van der Waals surface area contributed by atoms with Gasteiger partial charge in [0, 0.05) is 23.1 Å². The fraction of sp³-hybridized carbons (Fsp3) is 0.583. The van der Waals surface area contributed by atoms with Crippen molar-refractivity contribution in [2.45, 2.75) is 67.5 Å². The first kappa shape index (κ1) is 33.9. The Morgan fingerprint density at radius 1 is 0.824 bits per heavy atom. The number of hydrogen-bond donors (Lipinski definition) is 0. The molecule has 0 fully saturated rings. The molecule has 0 saturated heterocycles. The van der Waals surface area contributed by atoms with Crippen LogP contribution in [0.5, 0.6) is 0 Å². The van der Waals surface area contributed by atoms with E-state index in [1.807, 2.05) is 0 Å². The molecule has 0 saturated carbocycles. The summed E-state index contributed by atoms with van der Waals surface area (Å²) in [4.78, 5) is 27.3. The number of hydrogen-bond acceptors (Lipinski definition) is 8. The summed E-state index contributed by atoms with van der Waals surface area (Å²) in [6.07, 6.45) is 0. The molecule has 9 nitrogen and oxygen atoms in total. The summed E-state index contributed by atoms with van der Waals surface area (Å²) in [5.41, 5.74) is 4.47. The Morgan fingerprint density at radius 3 is 1.35 bits per heavy atom. The summed E-state index contributed by atoms with van der Waals surface area (Å²) in [5.74, 6) is 0.321. The first-order chi connectivity index (χ1) is 14.8. The molecule has 10 heteroatoms. The Bertz CT molecular complexity index is 807. The molecular formula is C24H36N2O7Rh. The monoisotopic (exact) mass is 567 g/mol. The fourth-order valence-electron chi connectivity index (χ4n) is 3.07. The third-order valence-electron chi connectivity index (χ3n) is 4.92. The molecule has 2 N–H and O–H groups in total. The number of carboxylic acids is 2. The van der Waals surface area contributed by atoms with E-state index in [1.54, 1.807) is 0 Å². The van der Waals surface area contributed by atoms with E-state index in [0.717, 1.165) is 36.8 Å². The van der Waals surface area contributed by atoms with E-state index in [1.165, 1.54) is 11.1 Å². The van der Waals surface area contributed by atoms with Crippen LogP contribution in [0.15, 0.2) is 22.1 Å². The Morgan fingerprint density at radius 2 is 1.12 bits per heavy atom. The molecule has 1 radical (unpaired) electrons. The molecule has 0 aromatic heterocycles. The Hall–Kier alpha value is -2.32. The number of carboxylic acid groups (broad SMARTS) is 2. The van der Waals surface area contributed by atoms with Crippen LogP contribution < -0.4 is 10.2 Å². The van der Waals surface area contributed by atoms with Gasteiger partial charge in [0.25, 0.3) is 0 Å². The van der Waals surface area contributed by atoms with Gasteiger partial charge in [-0.3, -0.25) is 0 Å². The van der Waals surface area contributed by atoms with Crippen LogP contribution in [0, 0.1) is 25.7 Å². The molecule has 2 aliphatic heterocycles. The summed E-state index contributed by atoms with van der Waals surface area (Å²) in [6.45, 7) is 16.2. The van der Waals surface area contributed by atoms with Crippen molar-refractivity contribution < 1.29 is 54.2 Å². The molecule has 0 aliphatic carbocycles. The summed E-state index contributed by atoms with van der Waals surface area (Å²) in [6, 6.07) is 4.80. The average molecular weight is 567 g/mol. The van der Waals surface area contributed by atoms with Gasteiger partial charge in [-0.05, 0) is 56.7 Å². The first-order valence-corrected chi connectivity index (χ1v) is 10.7. The van der Waals surface area contributed by atoms with Crippen LogP contribution in [0.4, 0.5) is 0 Å². The van der Waals surface area contributed by atoms with Crippen molar-refractivity contribution in [1.82, 2.24) is 0 Å². The summed E-state index contributed by atoms with van der Waals surface area (Å²) in [7, 11) is 0. The van der Waals surface area contributed by atoms with Gasteiger partial charge in [-0.2, -0.15) is 0 Å². The molecular weight excluding hydrogens is 531 g/mol. The van der Waals surface area contributed by atoms with Crippen molar-refractivity contribution >= 4 is 23.7 Å². The second-order valence-corrected chi connectivity index (χ2v) is 8.58. The summed E-state index contributed by atoms with van der Waals surface area (Å²) >= 11 is 0. The maximum Gasteiger partial charge on any atom is 2.00 e. The molecule has 0 amide bonds. The van der Waals surface area contributed by atoms with Gasteiger partial charge >= 0.3 is 19.5 Å².